The van der Waals surface area contributed by atoms with Crippen LogP contribution in [0.4, 0.5) is 5.13 Å². The second-order valence-corrected chi connectivity index (χ2v) is 7.36. The molecule has 0 fully saturated rings. The number of hydrogen-bond acceptors (Lipinski definition) is 7. The molecule has 0 radical (unpaired) electrons. The average molecular weight is 330 g/mol. The highest BCUT2D eigenvalue weighted by molar-refractivity contribution is 7.93. The molecule has 0 unspecified atom stereocenters. The van der Waals surface area contributed by atoms with Gasteiger partial charge in [-0.25, -0.2) is 8.42 Å². The van der Waals surface area contributed by atoms with Gasteiger partial charge in [-0.1, -0.05) is 11.3 Å². The number of aryl methyl sites for hydroxylation is 2. The second-order valence-electron chi connectivity index (χ2n) is 4.56. The van der Waals surface area contributed by atoms with Gasteiger partial charge < -0.3 is 5.32 Å². The first-order chi connectivity index (χ1) is 9.85. The minimum absolute atomic E-state index is 0.200. The number of rotatable bonds is 6. The smallest absolute Gasteiger partial charge is 0.267 e. The summed E-state index contributed by atoms with van der Waals surface area (Å²) in [4.78, 5) is 0.200. The number of nitrogens with one attached hydrogen (secondary N) is 2. The highest BCUT2D eigenvalue weighted by atomic mass is 32.2. The van der Waals surface area contributed by atoms with Crippen molar-refractivity contribution in [2.75, 3.05) is 18.3 Å². The first-order valence-electron chi connectivity index (χ1n) is 6.36. The Morgan fingerprint density at radius 2 is 1.95 bits per heavy atom. The second kappa shape index (κ2) is 6.08. The highest BCUT2D eigenvalue weighted by Crippen LogP contribution is 2.24. The standard InChI is InChI=1S/C11H18N6O2S2/c1-7-10(8(2)17(15-7)6-5-12-4)21(18,19)16-11-14-13-9(3)20-11/h12H,5-6H2,1-4H3,(H,14,16). The lowest BCUT2D eigenvalue weighted by Gasteiger charge is -2.06. The minimum Gasteiger partial charge on any atom is -0.318 e. The minimum atomic E-state index is -3.71. The van der Waals surface area contributed by atoms with E-state index in [1.54, 1.807) is 25.5 Å². The number of sulfonamides is 1. The van der Waals surface area contributed by atoms with Crippen LogP contribution in [0.5, 0.6) is 0 Å². The quantitative estimate of drug-likeness (QED) is 0.807. The molecular weight excluding hydrogens is 312 g/mol. The van der Waals surface area contributed by atoms with E-state index in [1.165, 1.54) is 11.3 Å². The normalized spacial score (nSPS) is 11.8. The Kier molecular flexibility index (Phi) is 4.59. The molecule has 0 aliphatic heterocycles. The van der Waals surface area contributed by atoms with Crippen molar-refractivity contribution >= 4 is 26.5 Å². The molecule has 2 rings (SSSR count). The van der Waals surface area contributed by atoms with Crippen LogP contribution < -0.4 is 10.0 Å². The van der Waals surface area contributed by atoms with E-state index < -0.39 is 10.0 Å². The van der Waals surface area contributed by atoms with Crippen LogP contribution in [0.2, 0.25) is 0 Å². The van der Waals surface area contributed by atoms with Gasteiger partial charge in [0.1, 0.15) is 9.90 Å². The van der Waals surface area contributed by atoms with Gasteiger partial charge in [0, 0.05) is 6.54 Å². The summed E-state index contributed by atoms with van der Waals surface area (Å²) in [6.45, 7) is 6.52. The third-order valence-electron chi connectivity index (χ3n) is 2.91. The molecule has 0 atom stereocenters. The molecule has 10 heteroatoms. The van der Waals surface area contributed by atoms with E-state index in [2.05, 4.69) is 25.3 Å². The number of nitrogens with zero attached hydrogens (tertiary/aromatic N) is 4. The molecule has 2 N–H and O–H groups in total. The summed E-state index contributed by atoms with van der Waals surface area (Å²) in [6.07, 6.45) is 0. The molecule has 0 aliphatic rings. The SMILES string of the molecule is CNCCn1nc(C)c(S(=O)(=O)Nc2nnc(C)s2)c1C. The summed E-state index contributed by atoms with van der Waals surface area (Å²) in [7, 11) is -1.88. The number of anilines is 1. The molecule has 8 nitrogen and oxygen atoms in total. The van der Waals surface area contributed by atoms with Crippen LogP contribution >= 0.6 is 11.3 Å². The molecule has 0 spiro atoms. The van der Waals surface area contributed by atoms with Crippen molar-refractivity contribution in [3.8, 4) is 0 Å². The van der Waals surface area contributed by atoms with Crippen LogP contribution in [0.1, 0.15) is 16.4 Å². The van der Waals surface area contributed by atoms with Crippen LogP contribution in [0.25, 0.3) is 0 Å². The predicted octanol–water partition coefficient (Wildman–Crippen LogP) is 0.680. The molecule has 116 valence electrons. The van der Waals surface area contributed by atoms with E-state index in [-0.39, 0.29) is 10.0 Å². The van der Waals surface area contributed by atoms with Gasteiger partial charge in [-0.05, 0) is 27.8 Å². The fraction of sp³-hybridized carbons (Fsp3) is 0.545. The zero-order valence-corrected chi connectivity index (χ0v) is 14.0. The number of hydrogen-bond donors (Lipinski definition) is 2. The third kappa shape index (κ3) is 3.39. The highest BCUT2D eigenvalue weighted by Gasteiger charge is 2.25. The number of aromatic nitrogens is 4. The molecule has 21 heavy (non-hydrogen) atoms. The summed E-state index contributed by atoms with van der Waals surface area (Å²) in [5.74, 6) is 0. The van der Waals surface area contributed by atoms with Gasteiger partial charge in [0.05, 0.1) is 17.9 Å². The van der Waals surface area contributed by atoms with Crippen molar-refractivity contribution in [2.45, 2.75) is 32.2 Å². The van der Waals surface area contributed by atoms with Gasteiger partial charge in [0.2, 0.25) is 5.13 Å². The van der Waals surface area contributed by atoms with Gasteiger partial charge >= 0.3 is 0 Å². The van der Waals surface area contributed by atoms with Gasteiger partial charge in [0.25, 0.3) is 10.0 Å². The van der Waals surface area contributed by atoms with Crippen molar-refractivity contribution < 1.29 is 8.42 Å². The molecular formula is C11H18N6O2S2. The van der Waals surface area contributed by atoms with Crippen LogP contribution in [-0.2, 0) is 16.6 Å². The Morgan fingerprint density at radius 3 is 2.52 bits per heavy atom. The first kappa shape index (κ1) is 15.9. The van der Waals surface area contributed by atoms with Gasteiger partial charge in [-0.3, -0.25) is 9.40 Å². The van der Waals surface area contributed by atoms with Crippen LogP contribution in [-0.4, -0.2) is 42.0 Å². The lowest BCUT2D eigenvalue weighted by Crippen LogP contribution is -2.18. The molecule has 0 aliphatic carbocycles. The molecule has 0 saturated carbocycles. The zero-order valence-electron chi connectivity index (χ0n) is 12.3. The van der Waals surface area contributed by atoms with Crippen molar-refractivity contribution in [1.29, 1.82) is 0 Å². The fourth-order valence-corrected chi connectivity index (χ4v) is 4.24. The average Bonchev–Trinajstić information content (AvgIpc) is 2.90. The molecule has 0 saturated heterocycles. The molecule has 0 aromatic carbocycles. The largest absolute Gasteiger partial charge is 0.318 e. The summed E-state index contributed by atoms with van der Waals surface area (Å²) in [5, 5.41) is 15.8. The van der Waals surface area contributed by atoms with E-state index in [9.17, 15) is 8.42 Å². The molecule has 0 amide bonds. The molecule has 2 aromatic rings. The lowest BCUT2D eigenvalue weighted by atomic mass is 10.4. The maximum absolute atomic E-state index is 12.5. The number of likely N-dealkylation sites (N-methyl/N-ethyl adjacent to an activating group) is 1. The van der Waals surface area contributed by atoms with Crippen molar-refractivity contribution in [3.63, 3.8) is 0 Å². The Bertz CT molecular complexity index is 734. The van der Waals surface area contributed by atoms with E-state index in [0.717, 1.165) is 0 Å². The van der Waals surface area contributed by atoms with Crippen molar-refractivity contribution in [3.05, 3.63) is 16.4 Å². The van der Waals surface area contributed by atoms with Crippen molar-refractivity contribution in [1.82, 2.24) is 25.3 Å². The summed E-state index contributed by atoms with van der Waals surface area (Å²) in [6, 6.07) is 0. The predicted molar refractivity (Wildman–Crippen MR) is 81.1 cm³/mol. The summed E-state index contributed by atoms with van der Waals surface area (Å²) < 4.78 is 29.1. The van der Waals surface area contributed by atoms with Crippen LogP contribution in [0, 0.1) is 20.8 Å². The third-order valence-corrected chi connectivity index (χ3v) is 5.38. The molecule has 2 aromatic heterocycles. The van der Waals surface area contributed by atoms with Crippen molar-refractivity contribution in [2.24, 2.45) is 0 Å². The summed E-state index contributed by atoms with van der Waals surface area (Å²) in [5.41, 5.74) is 1.08. The van der Waals surface area contributed by atoms with Crippen LogP contribution in [0.15, 0.2) is 4.90 Å². The van der Waals surface area contributed by atoms with E-state index in [1.807, 2.05) is 7.05 Å². The Morgan fingerprint density at radius 1 is 1.24 bits per heavy atom. The molecule has 0 bridgehead atoms. The Labute approximate surface area is 127 Å². The molecule has 2 heterocycles. The van der Waals surface area contributed by atoms with E-state index >= 15 is 0 Å². The van der Waals surface area contributed by atoms with Crippen LogP contribution in [0.3, 0.4) is 0 Å². The fourth-order valence-electron chi connectivity index (χ4n) is 2.01. The maximum Gasteiger partial charge on any atom is 0.267 e. The zero-order chi connectivity index (χ0) is 15.6. The summed E-state index contributed by atoms with van der Waals surface area (Å²) >= 11 is 1.19. The first-order valence-corrected chi connectivity index (χ1v) is 8.66. The topological polar surface area (TPSA) is 102 Å². The van der Waals surface area contributed by atoms with E-state index in [4.69, 9.17) is 0 Å². The maximum atomic E-state index is 12.5. The van der Waals surface area contributed by atoms with E-state index in [0.29, 0.717) is 29.5 Å². The Balaban J connectivity index is 2.33. The van der Waals surface area contributed by atoms with Gasteiger partial charge in [0.15, 0.2) is 0 Å². The Hall–Kier alpha value is -1.52. The van der Waals surface area contributed by atoms with Gasteiger partial charge in [-0.2, -0.15) is 5.10 Å². The lowest BCUT2D eigenvalue weighted by molar-refractivity contribution is 0.566. The monoisotopic (exact) mass is 330 g/mol. The van der Waals surface area contributed by atoms with Gasteiger partial charge in [-0.15, -0.1) is 10.2 Å².